The zero-order valence-corrected chi connectivity index (χ0v) is 29.8. The van der Waals surface area contributed by atoms with Gasteiger partial charge in [0.15, 0.2) is 0 Å². The summed E-state index contributed by atoms with van der Waals surface area (Å²) < 4.78 is 13.2. The van der Waals surface area contributed by atoms with E-state index in [1.54, 1.807) is 24.5 Å². The number of amides is 1. The molecule has 0 radical (unpaired) electrons. The molecule has 2 heterocycles. The third-order valence-corrected chi connectivity index (χ3v) is 15.4. The molecule has 12 atom stereocenters. The number of likely N-dealkylation sites (N-methyl/N-ethyl adjacent to an activating group) is 1. The van der Waals surface area contributed by atoms with Crippen molar-refractivity contribution in [3.8, 4) is 0 Å². The van der Waals surface area contributed by atoms with Crippen molar-refractivity contribution in [3.63, 3.8) is 0 Å². The molecule has 1 saturated heterocycles. The van der Waals surface area contributed by atoms with Crippen LogP contribution in [0.4, 0.5) is 0 Å². The van der Waals surface area contributed by atoms with E-state index in [4.69, 9.17) is 9.47 Å². The number of rotatable bonds is 4. The summed E-state index contributed by atoms with van der Waals surface area (Å²) in [5, 5.41) is 12.5. The van der Waals surface area contributed by atoms with Gasteiger partial charge < -0.3 is 19.5 Å². The van der Waals surface area contributed by atoms with Crippen molar-refractivity contribution in [2.45, 2.75) is 131 Å². The Labute approximate surface area is 276 Å². The Morgan fingerprint density at radius 2 is 1.76 bits per heavy atom. The second-order valence-electron chi connectivity index (χ2n) is 18.7. The number of carbonyl (C=O) groups excluding carboxylic acids is 2. The topological polar surface area (TPSA) is 89.0 Å². The summed E-state index contributed by atoms with van der Waals surface area (Å²) in [6.07, 6.45) is 11.2. The van der Waals surface area contributed by atoms with Crippen LogP contribution in [0.3, 0.4) is 0 Å². The van der Waals surface area contributed by atoms with Gasteiger partial charge in [0.2, 0.25) is 5.91 Å². The van der Waals surface area contributed by atoms with Crippen molar-refractivity contribution >= 4 is 11.9 Å². The molecule has 254 valence electrons. The second kappa shape index (κ2) is 10.3. The minimum Gasteiger partial charge on any atom is -0.458 e. The molecule has 5 aliphatic carbocycles. The van der Waals surface area contributed by atoms with Crippen LogP contribution in [-0.4, -0.2) is 64.9 Å². The van der Waals surface area contributed by atoms with Gasteiger partial charge in [0, 0.05) is 42.2 Å². The van der Waals surface area contributed by atoms with Crippen LogP contribution >= 0.6 is 0 Å². The average molecular weight is 635 g/mol. The van der Waals surface area contributed by atoms with Gasteiger partial charge in [-0.3, -0.25) is 9.78 Å². The zero-order chi connectivity index (χ0) is 33.2. The minimum atomic E-state index is -0.516. The van der Waals surface area contributed by atoms with Gasteiger partial charge in [-0.2, -0.15) is 0 Å². The number of aliphatic hydroxyl groups is 1. The molecule has 1 amide bonds. The molecule has 5 saturated carbocycles. The van der Waals surface area contributed by atoms with Gasteiger partial charge in [-0.05, 0) is 103 Å². The molecule has 46 heavy (non-hydrogen) atoms. The molecule has 12 unspecified atom stereocenters. The highest BCUT2D eigenvalue weighted by atomic mass is 16.5. The number of carbonyl (C=O) groups is 2. The summed E-state index contributed by atoms with van der Waals surface area (Å²) >= 11 is 0. The van der Waals surface area contributed by atoms with E-state index in [-0.39, 0.29) is 57.3 Å². The van der Waals surface area contributed by atoms with Gasteiger partial charge in [0.05, 0.1) is 23.9 Å². The van der Waals surface area contributed by atoms with Crippen LogP contribution in [0, 0.1) is 56.2 Å². The smallest absolute Gasteiger partial charge is 0.339 e. The van der Waals surface area contributed by atoms with Crippen LogP contribution in [0.1, 0.15) is 117 Å². The van der Waals surface area contributed by atoms with Crippen molar-refractivity contribution in [1.29, 1.82) is 0 Å². The van der Waals surface area contributed by atoms with Crippen LogP contribution in [0.5, 0.6) is 0 Å². The Balaban J connectivity index is 1.12. The van der Waals surface area contributed by atoms with Gasteiger partial charge in [-0.1, -0.05) is 55.4 Å². The molecule has 1 N–H and O–H groups in total. The summed E-state index contributed by atoms with van der Waals surface area (Å²) in [6.45, 7) is 18.5. The summed E-state index contributed by atoms with van der Waals surface area (Å²) in [5.74, 6) is 1.57. The van der Waals surface area contributed by atoms with Crippen LogP contribution in [0.25, 0.3) is 0 Å². The van der Waals surface area contributed by atoms with E-state index in [0.717, 1.165) is 38.5 Å². The fourth-order valence-electron chi connectivity index (χ4n) is 13.4. The van der Waals surface area contributed by atoms with E-state index < -0.39 is 11.5 Å². The average Bonchev–Trinajstić information content (AvgIpc) is 3.63. The fraction of sp³-hybridized carbons (Fsp3) is 0.821. The van der Waals surface area contributed by atoms with Crippen LogP contribution < -0.4 is 0 Å². The number of pyridine rings is 1. The predicted octanol–water partition coefficient (Wildman–Crippen LogP) is 6.92. The third-order valence-electron chi connectivity index (χ3n) is 15.4. The highest BCUT2D eigenvalue weighted by Gasteiger charge is 2.84. The molecular formula is C39H58N2O5. The monoisotopic (exact) mass is 634 g/mol. The van der Waals surface area contributed by atoms with Crippen molar-refractivity contribution < 1.29 is 24.2 Å². The lowest BCUT2D eigenvalue weighted by Crippen LogP contribution is -2.60. The van der Waals surface area contributed by atoms with E-state index in [1.807, 2.05) is 32.7 Å². The van der Waals surface area contributed by atoms with Crippen LogP contribution in [0.2, 0.25) is 0 Å². The van der Waals surface area contributed by atoms with Crippen molar-refractivity contribution in [2.24, 2.45) is 56.2 Å². The first-order valence-corrected chi connectivity index (χ1v) is 18.1. The summed E-state index contributed by atoms with van der Waals surface area (Å²) in [7, 11) is 1.89. The Kier molecular flexibility index (Phi) is 7.26. The first kappa shape index (κ1) is 32.6. The molecule has 1 aliphatic heterocycles. The summed E-state index contributed by atoms with van der Waals surface area (Å²) in [4.78, 5) is 32.1. The molecule has 6 aliphatic rings. The molecule has 2 spiro atoms. The van der Waals surface area contributed by atoms with Gasteiger partial charge in [-0.25, -0.2) is 4.79 Å². The van der Waals surface area contributed by atoms with Crippen molar-refractivity contribution in [2.75, 3.05) is 13.6 Å². The molecule has 6 fully saturated rings. The molecule has 1 aromatic rings. The molecule has 0 bridgehead atoms. The zero-order valence-electron chi connectivity index (χ0n) is 29.8. The Morgan fingerprint density at radius 3 is 2.43 bits per heavy atom. The van der Waals surface area contributed by atoms with E-state index in [2.05, 4.69) is 39.6 Å². The maximum absolute atomic E-state index is 13.1. The van der Waals surface area contributed by atoms with Crippen molar-refractivity contribution in [3.05, 3.63) is 30.1 Å². The number of aliphatic hydroxyl groups excluding tert-OH is 1. The molecule has 7 nitrogen and oxygen atoms in total. The van der Waals surface area contributed by atoms with E-state index in [0.29, 0.717) is 35.8 Å². The number of esters is 1. The molecular weight excluding hydrogens is 576 g/mol. The lowest BCUT2D eigenvalue weighted by Gasteiger charge is -2.63. The SMILES string of the molecule is CC1CC(CN(C)C(=O)C(C)(C)C)OC2C1C1(C)CCC34CC35CCC(OC(=O)c3cccnc3)C(C)(C)C5CCC4C1(C)C2O. The first-order chi connectivity index (χ1) is 21.4. The van der Waals surface area contributed by atoms with Crippen molar-refractivity contribution in [1.82, 2.24) is 9.88 Å². The molecule has 0 aromatic carbocycles. The Bertz CT molecular complexity index is 1390. The maximum atomic E-state index is 13.1. The lowest BCUT2D eigenvalue weighted by molar-refractivity contribution is -0.183. The minimum absolute atomic E-state index is 0.00705. The highest BCUT2D eigenvalue weighted by molar-refractivity contribution is 5.89. The fourth-order valence-corrected chi connectivity index (χ4v) is 13.4. The Hall–Kier alpha value is -1.99. The quantitative estimate of drug-likeness (QED) is 0.362. The van der Waals surface area contributed by atoms with Gasteiger partial charge >= 0.3 is 5.97 Å². The van der Waals surface area contributed by atoms with E-state index in [9.17, 15) is 14.7 Å². The second-order valence-corrected chi connectivity index (χ2v) is 18.7. The number of hydrogen-bond donors (Lipinski definition) is 1. The predicted molar refractivity (Wildman–Crippen MR) is 177 cm³/mol. The normalized spacial score (nSPS) is 46.9. The van der Waals surface area contributed by atoms with Crippen LogP contribution in [0.15, 0.2) is 24.5 Å². The lowest BCUT2D eigenvalue weighted by atomic mass is 9.41. The van der Waals surface area contributed by atoms with Crippen LogP contribution in [-0.2, 0) is 14.3 Å². The van der Waals surface area contributed by atoms with E-state index >= 15 is 0 Å². The number of aromatic nitrogens is 1. The number of hydrogen-bond acceptors (Lipinski definition) is 6. The highest BCUT2D eigenvalue weighted by Crippen LogP contribution is 2.89. The first-order valence-electron chi connectivity index (χ1n) is 18.1. The van der Waals surface area contributed by atoms with Gasteiger partial charge in [0.25, 0.3) is 0 Å². The number of fused-ring (bicyclic) bond motifs is 4. The molecule has 1 aromatic heterocycles. The summed E-state index contributed by atoms with van der Waals surface area (Å²) in [5.41, 5.74) is 0.271. The maximum Gasteiger partial charge on any atom is 0.339 e. The standard InChI is InChI=1S/C39H58N2O5/c1-23-19-25(21-41(9)33(44)34(2,3)4)45-30-29(23)36(7)16-17-39-22-38(39)15-14-28(46-32(43)24-11-10-18-40-20-24)35(5,6)26(38)12-13-27(39)37(36,8)31(30)42/h10-11,18,20,23,25-31,42H,12-17,19,21-22H2,1-9H3. The summed E-state index contributed by atoms with van der Waals surface area (Å²) in [6, 6.07) is 3.57. The number of ether oxygens (including phenoxy) is 2. The van der Waals surface area contributed by atoms with Gasteiger partial charge in [-0.15, -0.1) is 0 Å². The third kappa shape index (κ3) is 4.18. The number of nitrogens with zero attached hydrogens (tertiary/aromatic N) is 2. The van der Waals surface area contributed by atoms with Gasteiger partial charge in [0.1, 0.15) is 6.10 Å². The molecule has 7 heteroatoms. The van der Waals surface area contributed by atoms with E-state index in [1.165, 1.54) is 12.8 Å². The molecule has 7 rings (SSSR count). The Morgan fingerprint density at radius 1 is 1.07 bits per heavy atom. The largest absolute Gasteiger partial charge is 0.458 e.